The molecule has 1 atom stereocenters. The number of nitriles is 1. The van der Waals surface area contributed by atoms with Gasteiger partial charge in [-0.1, -0.05) is 0 Å². The second-order valence-corrected chi connectivity index (χ2v) is 6.09. The van der Waals surface area contributed by atoms with Crippen LogP contribution in [0.25, 0.3) is 0 Å². The molecular formula is C16H20N4O3. The highest BCUT2D eigenvalue weighted by Gasteiger charge is 2.24. The van der Waals surface area contributed by atoms with E-state index < -0.39 is 4.92 Å². The minimum Gasteiger partial charge on any atom is -0.381 e. The number of hydrogen-bond donors (Lipinski definition) is 0. The van der Waals surface area contributed by atoms with Crippen molar-refractivity contribution in [2.24, 2.45) is 5.92 Å². The van der Waals surface area contributed by atoms with E-state index in [-0.39, 0.29) is 11.3 Å². The number of nitro groups is 1. The van der Waals surface area contributed by atoms with Crippen molar-refractivity contribution in [3.63, 3.8) is 0 Å². The Bertz CT molecular complexity index is 614. The largest absolute Gasteiger partial charge is 0.381 e. The van der Waals surface area contributed by atoms with Gasteiger partial charge in [-0.15, -0.1) is 0 Å². The minimum atomic E-state index is -0.510. The zero-order chi connectivity index (χ0) is 16.2. The van der Waals surface area contributed by atoms with Gasteiger partial charge in [0, 0.05) is 51.1 Å². The lowest BCUT2D eigenvalue weighted by atomic mass is 10.1. The second-order valence-electron chi connectivity index (χ2n) is 6.09. The lowest BCUT2D eigenvalue weighted by Crippen LogP contribution is -2.47. The third-order valence-electron chi connectivity index (χ3n) is 4.58. The number of rotatable bonds is 4. The quantitative estimate of drug-likeness (QED) is 0.620. The molecule has 2 heterocycles. The van der Waals surface area contributed by atoms with Gasteiger partial charge in [0.05, 0.1) is 11.5 Å². The van der Waals surface area contributed by atoms with Crippen LogP contribution in [-0.4, -0.2) is 55.8 Å². The first-order valence-electron chi connectivity index (χ1n) is 7.91. The highest BCUT2D eigenvalue weighted by Crippen LogP contribution is 2.25. The number of hydrogen-bond acceptors (Lipinski definition) is 6. The predicted octanol–water partition coefficient (Wildman–Crippen LogP) is 1.62. The van der Waals surface area contributed by atoms with E-state index in [1.165, 1.54) is 6.07 Å². The van der Waals surface area contributed by atoms with E-state index >= 15 is 0 Å². The van der Waals surface area contributed by atoms with E-state index in [0.29, 0.717) is 5.92 Å². The number of ether oxygens (including phenoxy) is 1. The van der Waals surface area contributed by atoms with E-state index in [0.717, 1.165) is 58.0 Å². The molecule has 1 unspecified atom stereocenters. The molecule has 0 spiro atoms. The van der Waals surface area contributed by atoms with Crippen molar-refractivity contribution in [3.05, 3.63) is 33.9 Å². The Kier molecular flexibility index (Phi) is 4.74. The van der Waals surface area contributed by atoms with Crippen LogP contribution in [0.2, 0.25) is 0 Å². The fourth-order valence-corrected chi connectivity index (χ4v) is 3.25. The maximum atomic E-state index is 10.9. The van der Waals surface area contributed by atoms with Gasteiger partial charge in [-0.25, -0.2) is 0 Å². The van der Waals surface area contributed by atoms with Crippen LogP contribution in [0.4, 0.5) is 11.4 Å². The molecule has 7 heteroatoms. The molecule has 2 saturated heterocycles. The van der Waals surface area contributed by atoms with Crippen molar-refractivity contribution in [1.29, 1.82) is 5.26 Å². The molecular weight excluding hydrogens is 296 g/mol. The summed E-state index contributed by atoms with van der Waals surface area (Å²) in [4.78, 5) is 15.0. The molecule has 122 valence electrons. The van der Waals surface area contributed by atoms with E-state index in [1.807, 2.05) is 6.07 Å². The Morgan fingerprint density at radius 1 is 1.35 bits per heavy atom. The molecule has 0 saturated carbocycles. The third kappa shape index (κ3) is 3.60. The fourth-order valence-electron chi connectivity index (χ4n) is 3.25. The van der Waals surface area contributed by atoms with E-state index in [4.69, 9.17) is 10.00 Å². The molecule has 0 aromatic heterocycles. The zero-order valence-corrected chi connectivity index (χ0v) is 13.0. The first-order chi connectivity index (χ1) is 11.2. The fraction of sp³-hybridized carbons (Fsp3) is 0.562. The third-order valence-corrected chi connectivity index (χ3v) is 4.58. The molecule has 1 aromatic carbocycles. The van der Waals surface area contributed by atoms with Crippen molar-refractivity contribution < 1.29 is 9.66 Å². The smallest absolute Gasteiger partial charge is 0.287 e. The molecule has 2 aliphatic heterocycles. The van der Waals surface area contributed by atoms with Gasteiger partial charge in [-0.3, -0.25) is 15.0 Å². The van der Waals surface area contributed by atoms with Crippen molar-refractivity contribution in [2.75, 3.05) is 50.8 Å². The molecule has 0 amide bonds. The van der Waals surface area contributed by atoms with Gasteiger partial charge in [-0.05, 0) is 24.5 Å². The molecule has 3 rings (SSSR count). The Labute approximate surface area is 135 Å². The predicted molar refractivity (Wildman–Crippen MR) is 85.4 cm³/mol. The number of benzene rings is 1. The Balaban J connectivity index is 1.61. The molecule has 7 nitrogen and oxygen atoms in total. The summed E-state index contributed by atoms with van der Waals surface area (Å²) in [5, 5.41) is 20.0. The maximum Gasteiger partial charge on any atom is 0.287 e. The van der Waals surface area contributed by atoms with Gasteiger partial charge in [0.15, 0.2) is 0 Å². The lowest BCUT2D eigenvalue weighted by molar-refractivity contribution is -0.385. The maximum absolute atomic E-state index is 10.9. The normalized spacial score (nSPS) is 22.0. The summed E-state index contributed by atoms with van der Waals surface area (Å²) in [5.41, 5.74) is 0.880. The average Bonchev–Trinajstić information content (AvgIpc) is 3.08. The van der Waals surface area contributed by atoms with Crippen molar-refractivity contribution >= 4 is 11.4 Å². The Morgan fingerprint density at radius 2 is 2.13 bits per heavy atom. The highest BCUT2D eigenvalue weighted by atomic mass is 16.6. The van der Waals surface area contributed by atoms with Gasteiger partial charge in [-0.2, -0.15) is 5.26 Å². The lowest BCUT2D eigenvalue weighted by Gasteiger charge is -2.37. The summed E-state index contributed by atoms with van der Waals surface area (Å²) < 4.78 is 5.42. The topological polar surface area (TPSA) is 82.6 Å². The molecule has 2 aliphatic rings. The van der Waals surface area contributed by atoms with Crippen LogP contribution in [0.15, 0.2) is 18.2 Å². The summed E-state index contributed by atoms with van der Waals surface area (Å²) in [5.74, 6) is 0.645. The molecule has 23 heavy (non-hydrogen) atoms. The van der Waals surface area contributed by atoms with Crippen LogP contribution in [0, 0.1) is 27.4 Å². The number of piperazine rings is 1. The first-order valence-corrected chi connectivity index (χ1v) is 7.91. The van der Waals surface area contributed by atoms with Crippen LogP contribution >= 0.6 is 0 Å². The Hall–Kier alpha value is -2.17. The van der Waals surface area contributed by atoms with Gasteiger partial charge in [0.25, 0.3) is 5.69 Å². The standard InChI is InChI=1S/C16H20N4O3/c17-10-14-9-15(1-2-16(14)20(21)22)19-6-4-18(5-7-19)11-13-3-8-23-12-13/h1-2,9,13H,3-8,11-12H2. The number of nitro benzene ring substituents is 1. The summed E-state index contributed by atoms with van der Waals surface area (Å²) >= 11 is 0. The van der Waals surface area contributed by atoms with E-state index in [2.05, 4.69) is 9.80 Å². The van der Waals surface area contributed by atoms with Crippen LogP contribution in [-0.2, 0) is 4.74 Å². The van der Waals surface area contributed by atoms with Crippen molar-refractivity contribution in [2.45, 2.75) is 6.42 Å². The van der Waals surface area contributed by atoms with Gasteiger partial charge < -0.3 is 9.64 Å². The monoisotopic (exact) mass is 316 g/mol. The van der Waals surface area contributed by atoms with Gasteiger partial charge >= 0.3 is 0 Å². The number of anilines is 1. The molecule has 2 fully saturated rings. The van der Waals surface area contributed by atoms with Gasteiger partial charge in [0.1, 0.15) is 11.6 Å². The minimum absolute atomic E-state index is 0.123. The molecule has 0 bridgehead atoms. The Morgan fingerprint density at radius 3 is 2.74 bits per heavy atom. The van der Waals surface area contributed by atoms with Crippen molar-refractivity contribution in [1.82, 2.24) is 4.90 Å². The van der Waals surface area contributed by atoms with Crippen molar-refractivity contribution in [3.8, 4) is 6.07 Å². The summed E-state index contributed by atoms with van der Waals surface area (Å²) in [7, 11) is 0. The molecule has 1 aromatic rings. The van der Waals surface area contributed by atoms with Gasteiger partial charge in [0.2, 0.25) is 0 Å². The number of nitrogens with zero attached hydrogens (tertiary/aromatic N) is 4. The molecule has 0 radical (unpaired) electrons. The summed E-state index contributed by atoms with van der Waals surface area (Å²) in [6.45, 7) is 6.51. The molecule has 0 N–H and O–H groups in total. The van der Waals surface area contributed by atoms with Crippen LogP contribution in [0.1, 0.15) is 12.0 Å². The second kappa shape index (κ2) is 6.94. The summed E-state index contributed by atoms with van der Waals surface area (Å²) in [6.07, 6.45) is 1.15. The molecule has 0 aliphatic carbocycles. The van der Waals surface area contributed by atoms with E-state index in [1.54, 1.807) is 12.1 Å². The summed E-state index contributed by atoms with van der Waals surface area (Å²) in [6, 6.07) is 6.71. The zero-order valence-electron chi connectivity index (χ0n) is 13.0. The van der Waals surface area contributed by atoms with Crippen LogP contribution in [0.5, 0.6) is 0 Å². The average molecular weight is 316 g/mol. The first kappa shape index (κ1) is 15.7. The van der Waals surface area contributed by atoms with E-state index in [9.17, 15) is 10.1 Å². The SMILES string of the molecule is N#Cc1cc(N2CCN(CC3CCOC3)CC2)ccc1[N+](=O)[O-]. The van der Waals surface area contributed by atoms with Crippen LogP contribution in [0.3, 0.4) is 0 Å². The van der Waals surface area contributed by atoms with Crippen LogP contribution < -0.4 is 4.90 Å². The highest BCUT2D eigenvalue weighted by molar-refractivity contribution is 5.60.